The average Bonchev–Trinajstić information content (AvgIpc) is 2.67. The molecule has 0 saturated heterocycles. The van der Waals surface area contributed by atoms with E-state index in [9.17, 15) is 18.0 Å². The van der Waals surface area contributed by atoms with E-state index in [0.29, 0.717) is 22.7 Å². The lowest BCUT2D eigenvalue weighted by Gasteiger charge is -2.10. The zero-order chi connectivity index (χ0) is 21.0. The van der Waals surface area contributed by atoms with Gasteiger partial charge in [0.25, 0.3) is 0 Å². The van der Waals surface area contributed by atoms with Crippen LogP contribution < -0.4 is 15.7 Å². The second-order valence-electron chi connectivity index (χ2n) is 6.09. The van der Waals surface area contributed by atoms with Gasteiger partial charge in [-0.15, -0.1) is 0 Å². The normalized spacial score (nSPS) is 11.6. The monoisotopic (exact) mass is 402 g/mol. The maximum atomic E-state index is 12.6. The predicted molar refractivity (Wildman–Crippen MR) is 103 cm³/mol. The van der Waals surface area contributed by atoms with Crippen molar-refractivity contribution in [3.63, 3.8) is 0 Å². The van der Waals surface area contributed by atoms with Crippen molar-refractivity contribution in [3.05, 3.63) is 81.8 Å². The highest BCUT2D eigenvalue weighted by Crippen LogP contribution is 2.31. The Hall–Kier alpha value is -3.55. The number of alkyl halides is 3. The summed E-state index contributed by atoms with van der Waals surface area (Å²) in [5, 5.41) is 2.89. The van der Waals surface area contributed by atoms with Gasteiger partial charge in [0.2, 0.25) is 0 Å². The second-order valence-corrected chi connectivity index (χ2v) is 6.09. The Labute approximate surface area is 164 Å². The molecular formula is C21H17F3N2O3. The number of nitrogens with zero attached hydrogens (tertiary/aromatic N) is 1. The van der Waals surface area contributed by atoms with Crippen molar-refractivity contribution in [3.8, 4) is 11.5 Å². The Kier molecular flexibility index (Phi) is 5.72. The van der Waals surface area contributed by atoms with Gasteiger partial charge < -0.3 is 14.5 Å². The Morgan fingerprint density at radius 1 is 1.03 bits per heavy atom. The predicted octanol–water partition coefficient (Wildman–Crippen LogP) is 5.93. The number of hydrogen-bond acceptors (Lipinski definition) is 5. The van der Waals surface area contributed by atoms with E-state index < -0.39 is 17.4 Å². The van der Waals surface area contributed by atoms with Gasteiger partial charge in [-0.1, -0.05) is 6.08 Å². The fraction of sp³-hybridized carbons (Fsp3) is 0.143. The van der Waals surface area contributed by atoms with Crippen LogP contribution in [0.3, 0.4) is 0 Å². The van der Waals surface area contributed by atoms with E-state index in [0.717, 1.165) is 12.1 Å². The van der Waals surface area contributed by atoms with Gasteiger partial charge in [-0.2, -0.15) is 18.2 Å². The van der Waals surface area contributed by atoms with Crippen LogP contribution in [0.15, 0.2) is 63.8 Å². The van der Waals surface area contributed by atoms with Crippen LogP contribution in [0.2, 0.25) is 0 Å². The molecule has 0 fully saturated rings. The number of benzene rings is 2. The first kappa shape index (κ1) is 20.2. The third-order valence-corrected chi connectivity index (χ3v) is 3.95. The quantitative estimate of drug-likeness (QED) is 0.573. The molecule has 5 nitrogen and oxygen atoms in total. The number of halogens is 3. The summed E-state index contributed by atoms with van der Waals surface area (Å²) in [6.07, 6.45) is -0.915. The third-order valence-electron chi connectivity index (χ3n) is 3.95. The van der Waals surface area contributed by atoms with Crippen LogP contribution in [0.1, 0.15) is 23.7 Å². The van der Waals surface area contributed by atoms with Crippen molar-refractivity contribution >= 4 is 17.8 Å². The number of nitrogens with one attached hydrogen (secondary N) is 1. The molecule has 0 aliphatic carbocycles. The molecule has 29 heavy (non-hydrogen) atoms. The van der Waals surface area contributed by atoms with Crippen LogP contribution in [-0.4, -0.2) is 4.98 Å². The number of aromatic nitrogens is 1. The Morgan fingerprint density at radius 2 is 1.62 bits per heavy atom. The summed E-state index contributed by atoms with van der Waals surface area (Å²) in [6.45, 7) is 3.45. The molecule has 1 aromatic heterocycles. The summed E-state index contributed by atoms with van der Waals surface area (Å²) in [5.41, 5.74) is 0.282. The van der Waals surface area contributed by atoms with Crippen molar-refractivity contribution in [2.75, 3.05) is 5.32 Å². The van der Waals surface area contributed by atoms with E-state index in [1.54, 1.807) is 43.3 Å². The van der Waals surface area contributed by atoms with E-state index in [2.05, 4.69) is 10.3 Å². The lowest BCUT2D eigenvalue weighted by Crippen LogP contribution is -2.10. The lowest BCUT2D eigenvalue weighted by molar-refractivity contribution is -0.137. The molecule has 0 spiro atoms. The smallest absolute Gasteiger partial charge is 0.416 e. The zero-order valence-corrected chi connectivity index (χ0v) is 15.6. The summed E-state index contributed by atoms with van der Waals surface area (Å²) >= 11 is 0. The minimum Gasteiger partial charge on any atom is -0.457 e. The largest absolute Gasteiger partial charge is 0.457 e. The van der Waals surface area contributed by atoms with Crippen LogP contribution in [0.25, 0.3) is 6.08 Å². The molecule has 2 aromatic carbocycles. The molecule has 1 heterocycles. The first-order valence-electron chi connectivity index (χ1n) is 8.63. The molecule has 1 N–H and O–H groups in total. The van der Waals surface area contributed by atoms with Crippen LogP contribution in [-0.2, 0) is 6.18 Å². The number of hydrogen-bond donors (Lipinski definition) is 1. The summed E-state index contributed by atoms with van der Waals surface area (Å²) in [5.74, 6) is 0.712. The van der Waals surface area contributed by atoms with Gasteiger partial charge >= 0.3 is 17.8 Å². The minimum atomic E-state index is -4.39. The van der Waals surface area contributed by atoms with Crippen LogP contribution in [0, 0.1) is 6.92 Å². The van der Waals surface area contributed by atoms with E-state index in [-0.39, 0.29) is 11.8 Å². The van der Waals surface area contributed by atoms with Crippen molar-refractivity contribution < 1.29 is 22.3 Å². The first-order chi connectivity index (χ1) is 13.8. The van der Waals surface area contributed by atoms with E-state index in [1.165, 1.54) is 12.1 Å². The Morgan fingerprint density at radius 3 is 2.17 bits per heavy atom. The molecule has 0 saturated carbocycles. The summed E-state index contributed by atoms with van der Waals surface area (Å²) < 4.78 is 48.5. The molecule has 0 aliphatic heterocycles. The van der Waals surface area contributed by atoms with Crippen molar-refractivity contribution in [1.29, 1.82) is 0 Å². The highest BCUT2D eigenvalue weighted by Gasteiger charge is 2.30. The van der Waals surface area contributed by atoms with Gasteiger partial charge in [0, 0.05) is 5.69 Å². The fourth-order valence-corrected chi connectivity index (χ4v) is 2.44. The average molecular weight is 402 g/mol. The highest BCUT2D eigenvalue weighted by molar-refractivity contribution is 5.56. The summed E-state index contributed by atoms with van der Waals surface area (Å²) in [7, 11) is 0. The SMILES string of the molecule is C/C=C\c1nc(Nc2ccc(Oc3ccc(C(F)(F)F)cc3)cc2)oc(=O)c1C. The first-order valence-corrected chi connectivity index (χ1v) is 8.63. The molecule has 3 aromatic rings. The molecule has 0 bridgehead atoms. The van der Waals surface area contributed by atoms with Gasteiger partial charge in [-0.3, -0.25) is 0 Å². The van der Waals surface area contributed by atoms with Gasteiger partial charge in [0.15, 0.2) is 0 Å². The van der Waals surface area contributed by atoms with Crippen molar-refractivity contribution in [1.82, 2.24) is 4.98 Å². The number of rotatable bonds is 5. The summed E-state index contributed by atoms with van der Waals surface area (Å²) in [6, 6.07) is 11.0. The molecule has 150 valence electrons. The molecular weight excluding hydrogens is 385 g/mol. The maximum absolute atomic E-state index is 12.6. The molecule has 0 unspecified atom stereocenters. The summed E-state index contributed by atoms with van der Waals surface area (Å²) in [4.78, 5) is 16.1. The molecule has 0 radical (unpaired) electrons. The number of ether oxygens (including phenoxy) is 1. The topological polar surface area (TPSA) is 64.4 Å². The standard InChI is InChI=1S/C21H17F3N2O3/c1-3-4-18-13(2)19(27)29-20(26-18)25-15-7-11-17(12-8-15)28-16-9-5-14(6-10-16)21(22,23)24/h3-12H,1-2H3,(H,25,26)/b4-3-. The van der Waals surface area contributed by atoms with E-state index >= 15 is 0 Å². The molecule has 8 heteroatoms. The van der Waals surface area contributed by atoms with Crippen molar-refractivity contribution in [2.45, 2.75) is 20.0 Å². The molecule has 0 aliphatic rings. The lowest BCUT2D eigenvalue weighted by atomic mass is 10.2. The van der Waals surface area contributed by atoms with Crippen LogP contribution in [0.5, 0.6) is 11.5 Å². The zero-order valence-electron chi connectivity index (χ0n) is 15.6. The van der Waals surface area contributed by atoms with Crippen molar-refractivity contribution in [2.24, 2.45) is 0 Å². The fourth-order valence-electron chi connectivity index (χ4n) is 2.44. The number of anilines is 2. The molecule has 0 atom stereocenters. The van der Waals surface area contributed by atoms with Crippen LogP contribution >= 0.6 is 0 Å². The third kappa shape index (κ3) is 5.04. The van der Waals surface area contributed by atoms with E-state index in [1.807, 2.05) is 6.92 Å². The van der Waals surface area contributed by atoms with E-state index in [4.69, 9.17) is 9.15 Å². The van der Waals surface area contributed by atoms with Crippen LogP contribution in [0.4, 0.5) is 24.9 Å². The van der Waals surface area contributed by atoms with Gasteiger partial charge in [-0.25, -0.2) is 4.79 Å². The minimum absolute atomic E-state index is 0.0464. The molecule has 0 amide bonds. The Bertz CT molecular complexity index is 1070. The highest BCUT2D eigenvalue weighted by atomic mass is 19.4. The maximum Gasteiger partial charge on any atom is 0.416 e. The number of allylic oxidation sites excluding steroid dienone is 1. The second kappa shape index (κ2) is 8.22. The molecule has 3 rings (SSSR count). The van der Waals surface area contributed by atoms with Gasteiger partial charge in [0.1, 0.15) is 11.5 Å². The van der Waals surface area contributed by atoms with Gasteiger partial charge in [0.05, 0.1) is 16.8 Å². The Balaban J connectivity index is 1.72. The van der Waals surface area contributed by atoms with Gasteiger partial charge in [-0.05, 0) is 68.5 Å².